The summed E-state index contributed by atoms with van der Waals surface area (Å²) in [6.07, 6.45) is 14.2. The van der Waals surface area contributed by atoms with Crippen LogP contribution in [0.2, 0.25) is 0 Å². The van der Waals surface area contributed by atoms with Gasteiger partial charge in [0.05, 0.1) is 5.25 Å². The van der Waals surface area contributed by atoms with Crippen LogP contribution in [0.15, 0.2) is 0 Å². The average molecular weight is 309 g/mol. The summed E-state index contributed by atoms with van der Waals surface area (Å²) < 4.78 is 0. The van der Waals surface area contributed by atoms with Gasteiger partial charge in [0.2, 0.25) is 0 Å². The molecule has 0 rings (SSSR count). The molecule has 0 heterocycles. The first-order chi connectivity index (χ1) is 9.06. The molecule has 0 aliphatic carbocycles. The molecule has 4 heteroatoms. The second-order valence-corrected chi connectivity index (χ2v) is 6.14. The highest BCUT2D eigenvalue weighted by molar-refractivity contribution is 7.81. The Morgan fingerprint density at radius 1 is 0.947 bits per heavy atom. The molecular weight excluding hydrogens is 276 g/mol. The number of unbranched alkanes of at least 4 members (excludes halogenated alkanes) is 9. The van der Waals surface area contributed by atoms with Crippen LogP contribution in [0.5, 0.6) is 0 Å². The van der Waals surface area contributed by atoms with Crippen LogP contribution in [0.1, 0.15) is 78.1 Å². The first-order valence-electron chi connectivity index (χ1n) is 7.58. The van der Waals surface area contributed by atoms with E-state index in [-0.39, 0.29) is 0 Å². The van der Waals surface area contributed by atoms with E-state index in [4.69, 9.17) is 5.11 Å². The molecule has 0 aromatic carbocycles. The Balaban J connectivity index is 0. The van der Waals surface area contributed by atoms with Crippen molar-refractivity contribution < 1.29 is 9.90 Å². The number of aliphatic carboxylic acids is 1. The molecule has 0 amide bonds. The second kappa shape index (κ2) is 18.2. The zero-order valence-electron chi connectivity index (χ0n) is 12.6. The first kappa shape index (κ1) is 21.5. The molecule has 0 fully saturated rings. The fraction of sp³-hybridized carbons (Fsp3) is 0.933. The third kappa shape index (κ3) is 23.7. The number of thiol groups is 2. The molecule has 1 unspecified atom stereocenters. The van der Waals surface area contributed by atoms with E-state index in [1.165, 1.54) is 71.1 Å². The van der Waals surface area contributed by atoms with E-state index >= 15 is 0 Å². The fourth-order valence-electron chi connectivity index (χ4n) is 1.60. The third-order valence-electron chi connectivity index (χ3n) is 2.87. The van der Waals surface area contributed by atoms with Gasteiger partial charge in [-0.25, -0.2) is 0 Å². The van der Waals surface area contributed by atoms with Crippen molar-refractivity contribution in [1.29, 1.82) is 0 Å². The number of hydrogen-bond donors (Lipinski definition) is 3. The van der Waals surface area contributed by atoms with Gasteiger partial charge in [-0.2, -0.15) is 25.3 Å². The lowest BCUT2D eigenvalue weighted by molar-refractivity contribution is -0.136. The lowest BCUT2D eigenvalue weighted by Crippen LogP contribution is -2.06. The molecular formula is C15H32O2S2. The van der Waals surface area contributed by atoms with E-state index in [9.17, 15) is 4.79 Å². The van der Waals surface area contributed by atoms with Crippen LogP contribution < -0.4 is 0 Å². The van der Waals surface area contributed by atoms with Crippen molar-refractivity contribution in [3.05, 3.63) is 0 Å². The monoisotopic (exact) mass is 308 g/mol. The maximum atomic E-state index is 9.62. The summed E-state index contributed by atoms with van der Waals surface area (Å²) in [5, 5.41) is 7.38. The van der Waals surface area contributed by atoms with Crippen molar-refractivity contribution >= 4 is 31.2 Å². The smallest absolute Gasteiger partial charge is 0.316 e. The predicted octanol–water partition coefficient (Wildman–Crippen LogP) is 5.23. The summed E-state index contributed by atoms with van der Waals surface area (Å²) in [7, 11) is 0. The van der Waals surface area contributed by atoms with E-state index in [1.807, 2.05) is 0 Å². The average Bonchev–Trinajstić information content (AvgIpc) is 2.37. The maximum Gasteiger partial charge on any atom is 0.316 e. The predicted molar refractivity (Wildman–Crippen MR) is 91.8 cm³/mol. The Kier molecular flexibility index (Phi) is 20.5. The first-order valence-corrected chi connectivity index (χ1v) is 8.72. The minimum atomic E-state index is -0.877. The molecule has 19 heavy (non-hydrogen) atoms. The van der Waals surface area contributed by atoms with E-state index < -0.39 is 11.2 Å². The minimum absolute atomic E-state index is 0.537. The van der Waals surface area contributed by atoms with Gasteiger partial charge in [0.1, 0.15) is 0 Å². The molecule has 0 spiro atoms. The van der Waals surface area contributed by atoms with Crippen molar-refractivity contribution in [1.82, 2.24) is 0 Å². The summed E-state index contributed by atoms with van der Waals surface area (Å²) in [5.74, 6) is 0.189. The number of rotatable bonds is 11. The van der Waals surface area contributed by atoms with Crippen LogP contribution in [-0.4, -0.2) is 22.1 Å². The molecule has 0 saturated heterocycles. The molecule has 0 radical (unpaired) electrons. The molecule has 0 aromatic heterocycles. The molecule has 116 valence electrons. The highest BCUT2D eigenvalue weighted by Crippen LogP contribution is 2.10. The molecule has 1 N–H and O–H groups in total. The van der Waals surface area contributed by atoms with E-state index in [0.717, 1.165) is 5.75 Å². The Morgan fingerprint density at radius 2 is 1.26 bits per heavy atom. The van der Waals surface area contributed by atoms with Gasteiger partial charge in [-0.15, -0.1) is 0 Å². The van der Waals surface area contributed by atoms with Crippen molar-refractivity contribution in [3.63, 3.8) is 0 Å². The Morgan fingerprint density at radius 3 is 1.53 bits per heavy atom. The van der Waals surface area contributed by atoms with E-state index in [2.05, 4.69) is 32.2 Å². The molecule has 0 aliphatic rings. The van der Waals surface area contributed by atoms with Crippen LogP contribution in [0.25, 0.3) is 0 Å². The van der Waals surface area contributed by atoms with Gasteiger partial charge >= 0.3 is 5.97 Å². The van der Waals surface area contributed by atoms with Gasteiger partial charge in [0.15, 0.2) is 0 Å². The van der Waals surface area contributed by atoms with Crippen molar-refractivity contribution in [3.8, 4) is 0 Å². The van der Waals surface area contributed by atoms with Gasteiger partial charge in [0.25, 0.3) is 0 Å². The molecule has 1 atom stereocenters. The van der Waals surface area contributed by atoms with Crippen molar-refractivity contribution in [2.45, 2.75) is 83.3 Å². The van der Waals surface area contributed by atoms with E-state index in [0.29, 0.717) is 0 Å². The molecule has 2 nitrogen and oxygen atoms in total. The summed E-state index contributed by atoms with van der Waals surface area (Å²) >= 11 is 7.80. The van der Waals surface area contributed by atoms with Gasteiger partial charge < -0.3 is 5.11 Å². The largest absolute Gasteiger partial charge is 0.480 e. The van der Waals surface area contributed by atoms with E-state index in [1.54, 1.807) is 0 Å². The van der Waals surface area contributed by atoms with Crippen molar-refractivity contribution in [2.24, 2.45) is 0 Å². The highest BCUT2D eigenvalue weighted by Gasteiger charge is 2.00. The topological polar surface area (TPSA) is 37.3 Å². The lowest BCUT2D eigenvalue weighted by atomic mass is 10.1. The number of carbonyl (C=O) groups is 1. The second-order valence-electron chi connectivity index (χ2n) is 4.92. The SMILES string of the molecule is CC(S)C(=O)O.CCCCCCCCCCCCS. The summed E-state index contributed by atoms with van der Waals surface area (Å²) in [6, 6.07) is 0. The quantitative estimate of drug-likeness (QED) is 0.361. The zero-order chi connectivity index (χ0) is 14.9. The standard InChI is InChI=1S/C12H26S.C3H6O2S/c1-2-3-4-5-6-7-8-9-10-11-12-13;1-2(6)3(4)5/h13H,2-12H2,1H3;2,6H,1H3,(H,4,5). The normalized spacial score (nSPS) is 11.6. The number of carboxylic acid groups (broad SMARTS) is 1. The highest BCUT2D eigenvalue weighted by atomic mass is 32.1. The van der Waals surface area contributed by atoms with Gasteiger partial charge in [-0.3, -0.25) is 4.79 Å². The van der Waals surface area contributed by atoms with Gasteiger partial charge in [0, 0.05) is 0 Å². The van der Waals surface area contributed by atoms with Crippen LogP contribution >= 0.6 is 25.3 Å². The Labute approximate surface area is 130 Å². The van der Waals surface area contributed by atoms with Crippen LogP contribution in [0.3, 0.4) is 0 Å². The third-order valence-corrected chi connectivity index (χ3v) is 3.41. The molecule has 0 bridgehead atoms. The van der Waals surface area contributed by atoms with Crippen LogP contribution in [0, 0.1) is 0 Å². The number of hydrogen-bond acceptors (Lipinski definition) is 3. The van der Waals surface area contributed by atoms with Crippen molar-refractivity contribution in [2.75, 3.05) is 5.75 Å². The summed E-state index contributed by atoms with van der Waals surface area (Å²) in [5.41, 5.74) is 0. The molecule has 0 aromatic rings. The van der Waals surface area contributed by atoms with Gasteiger partial charge in [-0.05, 0) is 19.1 Å². The minimum Gasteiger partial charge on any atom is -0.480 e. The lowest BCUT2D eigenvalue weighted by Gasteiger charge is -2.00. The molecule has 0 saturated carbocycles. The van der Waals surface area contributed by atoms with Crippen LogP contribution in [-0.2, 0) is 4.79 Å². The summed E-state index contributed by atoms with van der Waals surface area (Å²) in [4.78, 5) is 9.62. The number of carboxylic acids is 1. The van der Waals surface area contributed by atoms with Crippen LogP contribution in [0.4, 0.5) is 0 Å². The Bertz CT molecular complexity index is 175. The fourth-order valence-corrected chi connectivity index (χ4v) is 1.82. The summed E-state index contributed by atoms with van der Waals surface area (Å²) in [6.45, 7) is 3.78. The van der Waals surface area contributed by atoms with Gasteiger partial charge in [-0.1, -0.05) is 64.7 Å². The maximum absolute atomic E-state index is 9.62. The zero-order valence-corrected chi connectivity index (χ0v) is 14.4. The molecule has 0 aliphatic heterocycles. The Hall–Kier alpha value is 0.170.